The number of allylic oxidation sites excluding steroid dienone is 1. The number of nitrogens with zero attached hydrogens (tertiary/aromatic N) is 3. The second-order valence-corrected chi connectivity index (χ2v) is 5.34. The molecule has 1 unspecified atom stereocenters. The Hall–Kier alpha value is -1.34. The zero-order chi connectivity index (χ0) is 12.5. The topological polar surface area (TPSA) is 47.3 Å². The lowest BCUT2D eigenvalue weighted by atomic mass is 9.99. The molecule has 1 amide bonds. The molecule has 4 nitrogen and oxygen atoms in total. The fourth-order valence-corrected chi connectivity index (χ4v) is 2.73. The number of amides is 1. The number of nitriles is 1. The highest BCUT2D eigenvalue weighted by Crippen LogP contribution is 2.27. The maximum absolute atomic E-state index is 11.6. The molecular formula is C13H19N3O. The van der Waals surface area contributed by atoms with Gasteiger partial charge < -0.3 is 4.90 Å². The van der Waals surface area contributed by atoms with Crippen molar-refractivity contribution >= 4 is 5.91 Å². The molecule has 0 aliphatic carbocycles. The van der Waals surface area contributed by atoms with Crippen LogP contribution in [0.5, 0.6) is 0 Å². The van der Waals surface area contributed by atoms with E-state index in [1.165, 1.54) is 0 Å². The predicted octanol–water partition coefficient (Wildman–Crippen LogP) is 1.15. The molecule has 2 aliphatic rings. The summed E-state index contributed by atoms with van der Waals surface area (Å²) < 4.78 is 0. The van der Waals surface area contributed by atoms with E-state index >= 15 is 0 Å². The minimum Gasteiger partial charge on any atom is -0.337 e. The summed E-state index contributed by atoms with van der Waals surface area (Å²) in [6.07, 6.45) is 5.17. The molecule has 4 heteroatoms. The summed E-state index contributed by atoms with van der Waals surface area (Å²) >= 11 is 0. The van der Waals surface area contributed by atoms with Crippen molar-refractivity contribution in [2.24, 2.45) is 0 Å². The summed E-state index contributed by atoms with van der Waals surface area (Å²) in [5.41, 5.74) is -0.104. The zero-order valence-corrected chi connectivity index (χ0v) is 10.5. The average Bonchev–Trinajstić information content (AvgIpc) is 2.68. The molecule has 0 aromatic rings. The third-order valence-electron chi connectivity index (χ3n) is 3.88. The Balaban J connectivity index is 2.04. The van der Waals surface area contributed by atoms with Crippen molar-refractivity contribution in [2.75, 3.05) is 19.6 Å². The molecule has 0 N–H and O–H groups in total. The molecule has 1 atom stereocenters. The molecule has 2 aliphatic heterocycles. The first-order valence-corrected chi connectivity index (χ1v) is 6.16. The minimum atomic E-state index is -0.104. The second kappa shape index (κ2) is 4.50. The highest BCUT2D eigenvalue weighted by atomic mass is 16.2. The lowest BCUT2D eigenvalue weighted by Crippen LogP contribution is -2.57. The largest absolute Gasteiger partial charge is 0.337 e. The molecule has 0 aromatic heterocycles. The quantitative estimate of drug-likeness (QED) is 0.672. The Morgan fingerprint density at radius 1 is 1.47 bits per heavy atom. The van der Waals surface area contributed by atoms with Gasteiger partial charge in [-0.15, -0.1) is 0 Å². The van der Waals surface area contributed by atoms with Crippen LogP contribution in [0.15, 0.2) is 12.2 Å². The molecule has 0 bridgehead atoms. The number of carbonyl (C=O) groups is 1. The summed E-state index contributed by atoms with van der Waals surface area (Å²) in [7, 11) is 0. The van der Waals surface area contributed by atoms with E-state index in [1.54, 1.807) is 6.08 Å². The van der Waals surface area contributed by atoms with Crippen LogP contribution in [-0.4, -0.2) is 46.9 Å². The normalized spacial score (nSPS) is 26.3. The minimum absolute atomic E-state index is 0.104. The highest BCUT2D eigenvalue weighted by Gasteiger charge is 2.38. The first-order valence-electron chi connectivity index (χ1n) is 6.16. The van der Waals surface area contributed by atoms with Gasteiger partial charge in [0, 0.05) is 43.7 Å². The third-order valence-corrected chi connectivity index (χ3v) is 3.88. The molecule has 0 saturated carbocycles. The van der Waals surface area contributed by atoms with Gasteiger partial charge in [-0.3, -0.25) is 9.69 Å². The van der Waals surface area contributed by atoms with Gasteiger partial charge >= 0.3 is 0 Å². The maximum atomic E-state index is 11.6. The van der Waals surface area contributed by atoms with Crippen LogP contribution in [0.1, 0.15) is 26.7 Å². The zero-order valence-electron chi connectivity index (χ0n) is 10.5. The predicted molar refractivity (Wildman–Crippen MR) is 65.1 cm³/mol. The van der Waals surface area contributed by atoms with Crippen LogP contribution in [0.25, 0.3) is 0 Å². The molecule has 2 saturated heterocycles. The molecule has 0 aromatic carbocycles. The fourth-order valence-electron chi connectivity index (χ4n) is 2.73. The van der Waals surface area contributed by atoms with Gasteiger partial charge in [-0.25, -0.2) is 0 Å². The summed E-state index contributed by atoms with van der Waals surface area (Å²) in [6.45, 7) is 6.88. The van der Waals surface area contributed by atoms with Gasteiger partial charge in [0.05, 0.1) is 6.07 Å². The number of hydrogen-bond acceptors (Lipinski definition) is 3. The van der Waals surface area contributed by atoms with Crippen LogP contribution in [0, 0.1) is 11.3 Å². The van der Waals surface area contributed by atoms with Crippen LogP contribution in [0.3, 0.4) is 0 Å². The Kier molecular flexibility index (Phi) is 3.21. The number of carbonyl (C=O) groups excluding carboxylic acids is 1. The van der Waals surface area contributed by atoms with Crippen LogP contribution < -0.4 is 0 Å². The van der Waals surface area contributed by atoms with E-state index in [4.69, 9.17) is 5.26 Å². The molecular weight excluding hydrogens is 214 g/mol. The van der Waals surface area contributed by atoms with Gasteiger partial charge in [-0.2, -0.15) is 5.26 Å². The Labute approximate surface area is 102 Å². The number of fused-ring (bicyclic) bond motifs is 1. The van der Waals surface area contributed by atoms with Crippen LogP contribution in [0.4, 0.5) is 0 Å². The van der Waals surface area contributed by atoms with Gasteiger partial charge in [0.25, 0.3) is 0 Å². The number of piperazine rings is 1. The van der Waals surface area contributed by atoms with Crippen molar-refractivity contribution < 1.29 is 4.79 Å². The van der Waals surface area contributed by atoms with E-state index in [0.29, 0.717) is 18.4 Å². The van der Waals surface area contributed by atoms with Crippen molar-refractivity contribution in [1.82, 2.24) is 9.80 Å². The van der Waals surface area contributed by atoms with Crippen LogP contribution >= 0.6 is 0 Å². The molecule has 2 fully saturated rings. The Morgan fingerprint density at radius 2 is 2.24 bits per heavy atom. The van der Waals surface area contributed by atoms with Crippen LogP contribution in [0.2, 0.25) is 0 Å². The summed E-state index contributed by atoms with van der Waals surface area (Å²) in [5.74, 6) is 0.306. The summed E-state index contributed by atoms with van der Waals surface area (Å²) in [4.78, 5) is 16.0. The van der Waals surface area contributed by atoms with Crippen molar-refractivity contribution in [3.63, 3.8) is 0 Å². The second-order valence-electron chi connectivity index (χ2n) is 5.34. The Morgan fingerprint density at radius 3 is 2.94 bits per heavy atom. The lowest BCUT2D eigenvalue weighted by Gasteiger charge is -2.44. The maximum Gasteiger partial charge on any atom is 0.222 e. The van der Waals surface area contributed by atoms with E-state index < -0.39 is 0 Å². The number of hydrogen-bond donors (Lipinski definition) is 0. The van der Waals surface area contributed by atoms with Gasteiger partial charge in [-0.05, 0) is 20.3 Å². The Bertz CT molecular complexity index is 381. The van der Waals surface area contributed by atoms with Crippen LogP contribution in [-0.2, 0) is 4.79 Å². The van der Waals surface area contributed by atoms with Crippen molar-refractivity contribution in [3.05, 3.63) is 12.2 Å². The van der Waals surface area contributed by atoms with E-state index in [1.807, 2.05) is 17.0 Å². The molecule has 17 heavy (non-hydrogen) atoms. The summed E-state index contributed by atoms with van der Waals surface area (Å²) in [5, 5.41) is 8.60. The molecule has 2 rings (SSSR count). The van der Waals surface area contributed by atoms with E-state index in [0.717, 1.165) is 26.1 Å². The fraction of sp³-hybridized carbons (Fsp3) is 0.692. The first kappa shape index (κ1) is 12.1. The molecule has 0 radical (unpaired) electrons. The van der Waals surface area contributed by atoms with E-state index in [2.05, 4.69) is 18.7 Å². The van der Waals surface area contributed by atoms with Gasteiger partial charge in [0.15, 0.2) is 0 Å². The molecule has 2 heterocycles. The summed E-state index contributed by atoms with van der Waals surface area (Å²) in [6, 6.07) is 2.43. The number of rotatable bonds is 2. The molecule has 0 spiro atoms. The van der Waals surface area contributed by atoms with Crippen molar-refractivity contribution in [1.29, 1.82) is 5.26 Å². The SMILES string of the molecule is CC(C)(C=CC#N)N1CCN2C(=O)CCC2C1. The monoisotopic (exact) mass is 233 g/mol. The van der Waals surface area contributed by atoms with Gasteiger partial charge in [0.2, 0.25) is 5.91 Å². The third kappa shape index (κ3) is 2.34. The highest BCUT2D eigenvalue weighted by molar-refractivity contribution is 5.78. The van der Waals surface area contributed by atoms with Crippen molar-refractivity contribution in [2.45, 2.75) is 38.3 Å². The van der Waals surface area contributed by atoms with Gasteiger partial charge in [-0.1, -0.05) is 6.08 Å². The molecule has 92 valence electrons. The first-order chi connectivity index (χ1) is 8.04. The average molecular weight is 233 g/mol. The van der Waals surface area contributed by atoms with Crippen molar-refractivity contribution in [3.8, 4) is 6.07 Å². The van der Waals surface area contributed by atoms with E-state index in [9.17, 15) is 4.79 Å². The lowest BCUT2D eigenvalue weighted by molar-refractivity contribution is -0.131. The standard InChI is InChI=1S/C13H19N3O/c1-13(2,6-3-7-14)15-8-9-16-11(10-15)4-5-12(16)17/h3,6,11H,4-5,8-10H2,1-2H3. The van der Waals surface area contributed by atoms with Gasteiger partial charge in [0.1, 0.15) is 0 Å². The van der Waals surface area contributed by atoms with E-state index in [-0.39, 0.29) is 5.54 Å². The smallest absolute Gasteiger partial charge is 0.222 e.